The van der Waals surface area contributed by atoms with Crippen LogP contribution in [0.4, 0.5) is 9.93 Å². The zero-order chi connectivity index (χ0) is 20.3. The molecule has 0 atom stereocenters. The summed E-state index contributed by atoms with van der Waals surface area (Å²) < 4.78 is 5.13. The van der Waals surface area contributed by atoms with Crippen molar-refractivity contribution in [1.82, 2.24) is 15.5 Å². The lowest BCUT2D eigenvalue weighted by atomic mass is 10.2. The van der Waals surface area contributed by atoms with Crippen LogP contribution in [0.3, 0.4) is 0 Å². The van der Waals surface area contributed by atoms with Crippen molar-refractivity contribution in [2.45, 2.75) is 45.6 Å². The summed E-state index contributed by atoms with van der Waals surface area (Å²) in [5.41, 5.74) is -0.595. The van der Waals surface area contributed by atoms with Crippen LogP contribution < -0.4 is 10.6 Å². The minimum atomic E-state index is -0.808. The van der Waals surface area contributed by atoms with Crippen LogP contribution in [0, 0.1) is 0 Å². The normalized spacial score (nSPS) is 11.1. The second-order valence-electron chi connectivity index (χ2n) is 6.27. The van der Waals surface area contributed by atoms with Crippen LogP contribution in [-0.2, 0) is 20.7 Å². The highest BCUT2D eigenvalue weighted by molar-refractivity contribution is 8.76. The average molecular weight is 437 g/mol. The van der Waals surface area contributed by atoms with Crippen molar-refractivity contribution >= 4 is 56.0 Å². The number of carbonyl (C=O) groups excluding carboxylic acids is 2. The van der Waals surface area contributed by atoms with Crippen LogP contribution in [-0.4, -0.2) is 56.9 Å². The first-order valence-corrected chi connectivity index (χ1v) is 11.5. The molecule has 0 bridgehead atoms. The highest BCUT2D eigenvalue weighted by Crippen LogP contribution is 2.21. The summed E-state index contributed by atoms with van der Waals surface area (Å²) in [6.45, 7) is 5.82. The highest BCUT2D eigenvalue weighted by Gasteiger charge is 2.17. The van der Waals surface area contributed by atoms with Crippen molar-refractivity contribution in [1.29, 1.82) is 0 Å². The molecule has 1 aromatic rings. The number of carboxylic acids is 1. The van der Waals surface area contributed by atoms with Gasteiger partial charge in [-0.25, -0.2) is 4.79 Å². The first kappa shape index (κ1) is 23.5. The molecule has 9 nitrogen and oxygen atoms in total. The van der Waals surface area contributed by atoms with Gasteiger partial charge in [0.1, 0.15) is 10.6 Å². The number of nitrogens with zero attached hydrogens (tertiary/aromatic N) is 2. The van der Waals surface area contributed by atoms with Crippen LogP contribution in [0.5, 0.6) is 0 Å². The molecule has 12 heteroatoms. The smallest absolute Gasteiger partial charge is 0.414 e. The molecular formula is C15H24N4O5S3. The highest BCUT2D eigenvalue weighted by atomic mass is 33.1. The third kappa shape index (κ3) is 12.5. The fourth-order valence-electron chi connectivity index (χ4n) is 1.58. The first-order chi connectivity index (χ1) is 12.7. The number of aryl methyl sites for hydroxylation is 1. The predicted octanol–water partition coefficient (Wildman–Crippen LogP) is 2.79. The zero-order valence-electron chi connectivity index (χ0n) is 15.4. The lowest BCUT2D eigenvalue weighted by molar-refractivity contribution is -0.136. The van der Waals surface area contributed by atoms with Crippen molar-refractivity contribution in [2.75, 3.05) is 23.4 Å². The third-order valence-corrected chi connectivity index (χ3v) is 5.94. The summed E-state index contributed by atoms with van der Waals surface area (Å²) in [6, 6.07) is 0. The molecule has 0 aliphatic carbocycles. The number of aromatic nitrogens is 2. The van der Waals surface area contributed by atoms with E-state index >= 15 is 0 Å². The molecule has 0 aromatic carbocycles. The monoisotopic (exact) mass is 436 g/mol. The Balaban J connectivity index is 2.17. The fraction of sp³-hybridized carbons (Fsp3) is 0.667. The number of rotatable bonds is 11. The van der Waals surface area contributed by atoms with Crippen LogP contribution in [0.25, 0.3) is 0 Å². The molecule has 0 saturated carbocycles. The summed E-state index contributed by atoms with van der Waals surface area (Å²) in [4.78, 5) is 33.8. The molecule has 1 rings (SSSR count). The van der Waals surface area contributed by atoms with E-state index in [-0.39, 0.29) is 18.7 Å². The Morgan fingerprint density at radius 1 is 1.15 bits per heavy atom. The van der Waals surface area contributed by atoms with Gasteiger partial charge in [0.25, 0.3) is 0 Å². The Hall–Kier alpha value is -1.53. The zero-order valence-corrected chi connectivity index (χ0v) is 17.9. The first-order valence-electron chi connectivity index (χ1n) is 8.21. The van der Waals surface area contributed by atoms with Crippen LogP contribution in [0.2, 0.25) is 0 Å². The van der Waals surface area contributed by atoms with E-state index < -0.39 is 17.7 Å². The number of anilines is 1. The molecule has 0 saturated heterocycles. The Labute approximate surface area is 169 Å². The molecule has 152 valence electrons. The van der Waals surface area contributed by atoms with Gasteiger partial charge in [0, 0.05) is 30.9 Å². The number of hydrogen-bond acceptors (Lipinski definition) is 9. The maximum absolute atomic E-state index is 11.8. The number of hydrogen-bond donors (Lipinski definition) is 3. The SMILES string of the molecule is CC(C)(C)OC(=O)Nc1nnc(CCC(=O)NCCSSCCC(=O)O)s1. The summed E-state index contributed by atoms with van der Waals surface area (Å²) in [6.07, 6.45) is 0.246. The van der Waals surface area contributed by atoms with E-state index in [1.165, 1.54) is 32.9 Å². The minimum Gasteiger partial charge on any atom is -0.481 e. The molecule has 0 unspecified atom stereocenters. The number of amides is 2. The van der Waals surface area contributed by atoms with Gasteiger partial charge in [-0.1, -0.05) is 32.9 Å². The predicted molar refractivity (Wildman–Crippen MR) is 108 cm³/mol. The van der Waals surface area contributed by atoms with Crippen LogP contribution in [0.15, 0.2) is 0 Å². The van der Waals surface area contributed by atoms with Gasteiger partial charge in [0.05, 0.1) is 6.42 Å². The summed E-state index contributed by atoms with van der Waals surface area (Å²) in [5.74, 6) is 0.351. The lowest BCUT2D eigenvalue weighted by Gasteiger charge is -2.18. The lowest BCUT2D eigenvalue weighted by Crippen LogP contribution is -2.27. The van der Waals surface area contributed by atoms with Crippen LogP contribution >= 0.6 is 32.9 Å². The quantitative estimate of drug-likeness (QED) is 0.354. The van der Waals surface area contributed by atoms with Crippen molar-refractivity contribution < 1.29 is 24.2 Å². The molecule has 2 amide bonds. The summed E-state index contributed by atoms with van der Waals surface area (Å²) in [5, 5.41) is 22.6. The Morgan fingerprint density at radius 3 is 2.52 bits per heavy atom. The van der Waals surface area contributed by atoms with Crippen LogP contribution in [0.1, 0.15) is 38.6 Å². The third-order valence-electron chi connectivity index (χ3n) is 2.63. The average Bonchev–Trinajstić information content (AvgIpc) is 2.97. The molecule has 0 radical (unpaired) electrons. The molecule has 1 aromatic heterocycles. The second-order valence-corrected chi connectivity index (χ2v) is 10.0. The van der Waals surface area contributed by atoms with Gasteiger partial charge in [-0.2, -0.15) is 0 Å². The van der Waals surface area contributed by atoms with Crippen molar-refractivity contribution in [3.05, 3.63) is 5.01 Å². The maximum atomic E-state index is 11.8. The molecular weight excluding hydrogens is 412 g/mol. The van der Waals surface area contributed by atoms with E-state index in [0.29, 0.717) is 34.6 Å². The second kappa shape index (κ2) is 12.0. The number of aliphatic carboxylic acids is 1. The van der Waals surface area contributed by atoms with Gasteiger partial charge < -0.3 is 15.2 Å². The number of nitrogens with one attached hydrogen (secondary N) is 2. The van der Waals surface area contributed by atoms with E-state index in [2.05, 4.69) is 20.8 Å². The minimum absolute atomic E-state index is 0.0945. The number of carbonyl (C=O) groups is 3. The van der Waals surface area contributed by atoms with Crippen molar-refractivity contribution in [3.8, 4) is 0 Å². The van der Waals surface area contributed by atoms with Gasteiger partial charge in [0.2, 0.25) is 11.0 Å². The molecule has 0 aliphatic rings. The molecule has 0 fully saturated rings. The van der Waals surface area contributed by atoms with E-state index in [1.54, 1.807) is 20.8 Å². The summed E-state index contributed by atoms with van der Waals surface area (Å²) >= 11 is 1.20. The van der Waals surface area contributed by atoms with Gasteiger partial charge in [-0.05, 0) is 20.8 Å². The van der Waals surface area contributed by atoms with Gasteiger partial charge in [-0.3, -0.25) is 14.9 Å². The standard InChI is InChI=1S/C15H24N4O5S3/c1-15(2,3)24-14(23)17-13-19-18-11(27-13)5-4-10(20)16-7-9-26-25-8-6-12(21)22/h4-9H2,1-3H3,(H,16,20)(H,21,22)(H,17,19,23). The van der Waals surface area contributed by atoms with Gasteiger partial charge in [-0.15, -0.1) is 10.2 Å². The molecule has 0 aliphatic heterocycles. The van der Waals surface area contributed by atoms with E-state index in [1.807, 2.05) is 0 Å². The fourth-order valence-corrected chi connectivity index (χ4v) is 4.19. The molecule has 27 heavy (non-hydrogen) atoms. The molecule has 3 N–H and O–H groups in total. The molecule has 0 spiro atoms. The molecule has 1 heterocycles. The largest absolute Gasteiger partial charge is 0.481 e. The maximum Gasteiger partial charge on any atom is 0.414 e. The Kier molecular flexibility index (Phi) is 10.5. The Morgan fingerprint density at radius 2 is 1.85 bits per heavy atom. The number of ether oxygens (including phenoxy) is 1. The Bertz CT molecular complexity index is 633. The van der Waals surface area contributed by atoms with Gasteiger partial charge in [0.15, 0.2) is 0 Å². The van der Waals surface area contributed by atoms with E-state index in [0.717, 1.165) is 0 Å². The number of carboxylic acid groups (broad SMARTS) is 1. The van der Waals surface area contributed by atoms with Crippen molar-refractivity contribution in [2.24, 2.45) is 0 Å². The summed E-state index contributed by atoms with van der Waals surface area (Å²) in [7, 11) is 3.01. The van der Waals surface area contributed by atoms with E-state index in [9.17, 15) is 14.4 Å². The van der Waals surface area contributed by atoms with Gasteiger partial charge >= 0.3 is 12.1 Å². The van der Waals surface area contributed by atoms with E-state index in [4.69, 9.17) is 9.84 Å². The van der Waals surface area contributed by atoms with Crippen molar-refractivity contribution in [3.63, 3.8) is 0 Å². The topological polar surface area (TPSA) is 131 Å².